The molecule has 1 aromatic carbocycles. The second kappa shape index (κ2) is 6.77. The Morgan fingerprint density at radius 1 is 1.41 bits per heavy atom. The van der Waals surface area contributed by atoms with Crippen LogP contribution in [0.15, 0.2) is 48.2 Å². The Bertz CT molecular complexity index is 708. The van der Waals surface area contributed by atoms with Crippen LogP contribution in [0.4, 0.5) is 0 Å². The first kappa shape index (κ1) is 14.8. The van der Waals surface area contributed by atoms with E-state index in [4.69, 9.17) is 11.6 Å². The molecule has 0 bridgehead atoms. The van der Waals surface area contributed by atoms with Crippen molar-refractivity contribution in [1.82, 2.24) is 20.4 Å². The quantitative estimate of drug-likeness (QED) is 0.850. The highest BCUT2D eigenvalue weighted by molar-refractivity contribution is 6.30. The molecule has 2 N–H and O–H groups in total. The number of hydrogen-bond donors (Lipinski definition) is 2. The highest BCUT2D eigenvalue weighted by atomic mass is 35.5. The number of rotatable bonds is 4. The van der Waals surface area contributed by atoms with Crippen molar-refractivity contribution in [2.24, 2.45) is 0 Å². The van der Waals surface area contributed by atoms with Gasteiger partial charge in [0.05, 0.1) is 5.69 Å². The minimum Gasteiger partial charge on any atom is -0.347 e. The summed E-state index contributed by atoms with van der Waals surface area (Å²) in [5, 5.41) is 11.1. The predicted molar refractivity (Wildman–Crippen MR) is 86.5 cm³/mol. The van der Waals surface area contributed by atoms with Crippen LogP contribution in [0.3, 0.4) is 0 Å². The van der Waals surface area contributed by atoms with Crippen molar-refractivity contribution in [2.45, 2.75) is 6.42 Å². The molecule has 0 spiro atoms. The number of halogens is 1. The summed E-state index contributed by atoms with van der Waals surface area (Å²) in [6.45, 7) is 2.41. The third-order valence-corrected chi connectivity index (χ3v) is 3.76. The molecule has 1 aliphatic rings. The maximum Gasteiger partial charge on any atom is 0.272 e. The van der Waals surface area contributed by atoms with E-state index >= 15 is 0 Å². The molecule has 114 valence electrons. The third-order valence-electron chi connectivity index (χ3n) is 3.53. The minimum absolute atomic E-state index is 0.166. The summed E-state index contributed by atoms with van der Waals surface area (Å²) in [5.74, 6) is -0.166. The SMILES string of the molecule is O=C(NCC1=CCNCC1)c1ccn(-c2cccc(Cl)c2)n1. The minimum atomic E-state index is -0.166. The zero-order valence-corrected chi connectivity index (χ0v) is 12.8. The Balaban J connectivity index is 1.65. The van der Waals surface area contributed by atoms with E-state index in [0.29, 0.717) is 17.3 Å². The van der Waals surface area contributed by atoms with Crippen LogP contribution >= 0.6 is 11.6 Å². The van der Waals surface area contributed by atoms with Gasteiger partial charge in [0, 0.05) is 24.3 Å². The molecule has 2 aromatic rings. The first-order valence-corrected chi connectivity index (χ1v) is 7.58. The van der Waals surface area contributed by atoms with E-state index < -0.39 is 0 Å². The zero-order valence-electron chi connectivity index (χ0n) is 12.1. The molecule has 22 heavy (non-hydrogen) atoms. The van der Waals surface area contributed by atoms with Crippen molar-refractivity contribution in [3.8, 4) is 5.69 Å². The Hall–Kier alpha value is -2.11. The van der Waals surface area contributed by atoms with Gasteiger partial charge in [-0.05, 0) is 37.2 Å². The molecule has 2 heterocycles. The van der Waals surface area contributed by atoms with Gasteiger partial charge in [0.1, 0.15) is 0 Å². The molecule has 3 rings (SSSR count). The van der Waals surface area contributed by atoms with E-state index in [-0.39, 0.29) is 5.91 Å². The summed E-state index contributed by atoms with van der Waals surface area (Å²) in [5.41, 5.74) is 2.48. The second-order valence-electron chi connectivity index (χ2n) is 5.12. The Morgan fingerprint density at radius 2 is 2.32 bits per heavy atom. The lowest BCUT2D eigenvalue weighted by Crippen LogP contribution is -2.29. The van der Waals surface area contributed by atoms with Gasteiger partial charge in [-0.2, -0.15) is 5.10 Å². The van der Waals surface area contributed by atoms with Crippen LogP contribution in [0.25, 0.3) is 5.69 Å². The van der Waals surface area contributed by atoms with Crippen LogP contribution in [0.2, 0.25) is 5.02 Å². The van der Waals surface area contributed by atoms with Gasteiger partial charge in [0.25, 0.3) is 5.91 Å². The molecule has 0 aliphatic carbocycles. The number of benzene rings is 1. The number of carbonyl (C=O) groups excluding carboxylic acids is 1. The predicted octanol–water partition coefficient (Wildman–Crippen LogP) is 2.18. The second-order valence-corrected chi connectivity index (χ2v) is 5.56. The maximum atomic E-state index is 12.1. The molecule has 0 saturated carbocycles. The fourth-order valence-corrected chi connectivity index (χ4v) is 2.51. The highest BCUT2D eigenvalue weighted by Crippen LogP contribution is 2.14. The molecule has 6 heteroatoms. The fraction of sp³-hybridized carbons (Fsp3) is 0.250. The van der Waals surface area contributed by atoms with Crippen LogP contribution in [0.5, 0.6) is 0 Å². The number of hydrogen-bond acceptors (Lipinski definition) is 3. The van der Waals surface area contributed by atoms with Gasteiger partial charge in [-0.15, -0.1) is 0 Å². The van der Waals surface area contributed by atoms with E-state index in [1.54, 1.807) is 29.1 Å². The summed E-state index contributed by atoms with van der Waals surface area (Å²) >= 11 is 5.97. The molecule has 0 unspecified atom stereocenters. The van der Waals surface area contributed by atoms with Gasteiger partial charge in [0.15, 0.2) is 5.69 Å². The van der Waals surface area contributed by atoms with Gasteiger partial charge in [-0.1, -0.05) is 29.3 Å². The molecule has 5 nitrogen and oxygen atoms in total. The van der Waals surface area contributed by atoms with E-state index in [1.165, 1.54) is 5.57 Å². The average Bonchev–Trinajstić information content (AvgIpc) is 3.04. The largest absolute Gasteiger partial charge is 0.347 e. The van der Waals surface area contributed by atoms with Gasteiger partial charge in [0.2, 0.25) is 0 Å². The van der Waals surface area contributed by atoms with Crippen LogP contribution in [-0.2, 0) is 0 Å². The molecule has 0 atom stereocenters. The summed E-state index contributed by atoms with van der Waals surface area (Å²) in [6, 6.07) is 9.04. The highest BCUT2D eigenvalue weighted by Gasteiger charge is 2.11. The number of amides is 1. The number of aromatic nitrogens is 2. The Morgan fingerprint density at radius 3 is 3.09 bits per heavy atom. The van der Waals surface area contributed by atoms with E-state index in [1.807, 2.05) is 12.1 Å². The molecule has 0 saturated heterocycles. The lowest BCUT2D eigenvalue weighted by atomic mass is 10.1. The molecule has 1 aromatic heterocycles. The summed E-state index contributed by atoms with van der Waals surface area (Å²) in [7, 11) is 0. The monoisotopic (exact) mass is 316 g/mol. The number of carbonyl (C=O) groups is 1. The van der Waals surface area contributed by atoms with Crippen molar-refractivity contribution in [3.05, 3.63) is 58.9 Å². The fourth-order valence-electron chi connectivity index (χ4n) is 2.32. The van der Waals surface area contributed by atoms with E-state index in [9.17, 15) is 4.79 Å². The summed E-state index contributed by atoms with van der Waals surface area (Å²) in [6.07, 6.45) is 4.84. The van der Waals surface area contributed by atoms with Crippen molar-refractivity contribution in [2.75, 3.05) is 19.6 Å². The summed E-state index contributed by atoms with van der Waals surface area (Å²) in [4.78, 5) is 12.1. The van der Waals surface area contributed by atoms with Gasteiger partial charge < -0.3 is 10.6 Å². The summed E-state index contributed by atoms with van der Waals surface area (Å²) < 4.78 is 1.64. The lowest BCUT2D eigenvalue weighted by molar-refractivity contribution is 0.0951. The molecular weight excluding hydrogens is 300 g/mol. The zero-order chi connectivity index (χ0) is 15.4. The maximum absolute atomic E-state index is 12.1. The van der Waals surface area contributed by atoms with Gasteiger partial charge in [-0.3, -0.25) is 4.79 Å². The number of nitrogens with one attached hydrogen (secondary N) is 2. The van der Waals surface area contributed by atoms with Crippen molar-refractivity contribution in [3.63, 3.8) is 0 Å². The van der Waals surface area contributed by atoms with Crippen LogP contribution in [0, 0.1) is 0 Å². The smallest absolute Gasteiger partial charge is 0.272 e. The van der Waals surface area contributed by atoms with Crippen LogP contribution < -0.4 is 10.6 Å². The first-order chi connectivity index (χ1) is 10.7. The van der Waals surface area contributed by atoms with Crippen molar-refractivity contribution < 1.29 is 4.79 Å². The Kier molecular flexibility index (Phi) is 4.56. The van der Waals surface area contributed by atoms with Crippen molar-refractivity contribution >= 4 is 17.5 Å². The number of nitrogens with zero attached hydrogens (tertiary/aromatic N) is 2. The average molecular weight is 317 g/mol. The van der Waals surface area contributed by atoms with Crippen molar-refractivity contribution in [1.29, 1.82) is 0 Å². The molecule has 1 aliphatic heterocycles. The molecule has 0 radical (unpaired) electrons. The van der Waals surface area contributed by atoms with Gasteiger partial charge >= 0.3 is 0 Å². The normalized spacial score (nSPS) is 14.5. The third kappa shape index (κ3) is 3.55. The van der Waals surface area contributed by atoms with Crippen LogP contribution in [-0.4, -0.2) is 35.3 Å². The molecular formula is C16H17ClN4O. The van der Waals surface area contributed by atoms with E-state index in [0.717, 1.165) is 25.2 Å². The lowest BCUT2D eigenvalue weighted by Gasteiger charge is -2.14. The first-order valence-electron chi connectivity index (χ1n) is 7.21. The van der Waals surface area contributed by atoms with E-state index in [2.05, 4.69) is 21.8 Å². The Labute approximate surface area is 134 Å². The molecule has 0 fully saturated rings. The standard InChI is InChI=1S/C16H17ClN4O/c17-13-2-1-3-14(10-13)21-9-6-15(20-21)16(22)19-11-12-4-7-18-8-5-12/h1-4,6,9-10,18H,5,7-8,11H2,(H,19,22). The molecule has 1 amide bonds. The van der Waals surface area contributed by atoms with Gasteiger partial charge in [-0.25, -0.2) is 4.68 Å². The topological polar surface area (TPSA) is 59.0 Å². The van der Waals surface area contributed by atoms with Crippen LogP contribution in [0.1, 0.15) is 16.9 Å².